The second kappa shape index (κ2) is 8.22. The maximum absolute atomic E-state index is 11.6. The number of nitrogens with zero attached hydrogens (tertiary/aromatic N) is 3. The number of fused-ring (bicyclic) bond motifs is 2. The molecule has 1 aliphatic rings. The van der Waals surface area contributed by atoms with E-state index < -0.39 is 5.97 Å². The van der Waals surface area contributed by atoms with Gasteiger partial charge in [0.15, 0.2) is 17.1 Å². The molecule has 3 heterocycles. The molecular weight excluding hydrogens is 410 g/mol. The molecule has 0 amide bonds. The van der Waals surface area contributed by atoms with Crippen molar-refractivity contribution in [1.82, 2.24) is 14.8 Å². The largest absolute Gasteiger partial charge is 0.490 e. The fraction of sp³-hybridized carbons (Fsp3) is 0.208. The second-order valence-electron chi connectivity index (χ2n) is 7.55. The number of oxazole rings is 1. The highest BCUT2D eigenvalue weighted by Crippen LogP contribution is 2.36. The van der Waals surface area contributed by atoms with Crippen LogP contribution in [0.5, 0.6) is 11.5 Å². The van der Waals surface area contributed by atoms with Crippen LogP contribution in [0.15, 0.2) is 53.1 Å². The molecular formula is C24H21N3O5. The highest BCUT2D eigenvalue weighted by molar-refractivity contribution is 5.92. The number of aliphatic carboxylic acids is 1. The molecule has 0 saturated carbocycles. The van der Waals surface area contributed by atoms with Gasteiger partial charge in [0.25, 0.3) is 0 Å². The lowest BCUT2D eigenvalue weighted by atomic mass is 10.0. The summed E-state index contributed by atoms with van der Waals surface area (Å²) in [7, 11) is 1.82. The molecule has 0 fully saturated rings. The van der Waals surface area contributed by atoms with Gasteiger partial charge < -0.3 is 19.0 Å². The Balaban J connectivity index is 1.59. The molecule has 0 unspecified atom stereocenters. The van der Waals surface area contributed by atoms with E-state index in [0.717, 1.165) is 17.5 Å². The molecule has 8 heteroatoms. The van der Waals surface area contributed by atoms with E-state index in [0.29, 0.717) is 47.1 Å². The smallest absolute Gasteiger partial charge is 0.308 e. The van der Waals surface area contributed by atoms with Crippen LogP contribution in [0.2, 0.25) is 0 Å². The molecule has 0 saturated heterocycles. The van der Waals surface area contributed by atoms with Crippen molar-refractivity contribution >= 4 is 28.7 Å². The molecule has 0 aliphatic carbocycles. The van der Waals surface area contributed by atoms with Crippen LogP contribution in [-0.2, 0) is 11.8 Å². The van der Waals surface area contributed by atoms with E-state index in [-0.39, 0.29) is 12.3 Å². The third-order valence-corrected chi connectivity index (χ3v) is 5.12. The molecule has 2 aromatic carbocycles. The summed E-state index contributed by atoms with van der Waals surface area (Å²) >= 11 is 0. The van der Waals surface area contributed by atoms with Crippen molar-refractivity contribution in [3.8, 4) is 22.8 Å². The molecule has 0 spiro atoms. The van der Waals surface area contributed by atoms with Crippen LogP contribution >= 0.6 is 0 Å². The third-order valence-electron chi connectivity index (χ3n) is 5.12. The maximum Gasteiger partial charge on any atom is 0.308 e. The summed E-state index contributed by atoms with van der Waals surface area (Å²) in [5.41, 5.74) is 4.02. The molecule has 2 aromatic heterocycles. The fourth-order valence-electron chi connectivity index (χ4n) is 3.70. The first kappa shape index (κ1) is 19.9. The van der Waals surface area contributed by atoms with Gasteiger partial charge in [0.2, 0.25) is 5.89 Å². The number of aromatic nitrogens is 3. The van der Waals surface area contributed by atoms with Gasteiger partial charge in [-0.3, -0.25) is 9.48 Å². The van der Waals surface area contributed by atoms with Crippen molar-refractivity contribution in [2.75, 3.05) is 13.2 Å². The zero-order valence-electron chi connectivity index (χ0n) is 17.4. The fourth-order valence-corrected chi connectivity index (χ4v) is 3.70. The zero-order valence-corrected chi connectivity index (χ0v) is 17.4. The van der Waals surface area contributed by atoms with E-state index >= 15 is 0 Å². The number of carboxylic acids is 1. The van der Waals surface area contributed by atoms with Gasteiger partial charge in [-0.25, -0.2) is 4.98 Å². The summed E-state index contributed by atoms with van der Waals surface area (Å²) in [6.45, 7) is 1.21. The second-order valence-corrected chi connectivity index (χ2v) is 7.55. The van der Waals surface area contributed by atoms with Crippen molar-refractivity contribution in [2.45, 2.75) is 12.8 Å². The quantitative estimate of drug-likeness (QED) is 0.500. The van der Waals surface area contributed by atoms with Gasteiger partial charge in [-0.1, -0.05) is 12.1 Å². The van der Waals surface area contributed by atoms with Crippen molar-refractivity contribution in [3.05, 3.63) is 60.1 Å². The summed E-state index contributed by atoms with van der Waals surface area (Å²) in [6.07, 6.45) is 4.19. The Hall–Kier alpha value is -4.07. The molecule has 0 atom stereocenters. The van der Waals surface area contributed by atoms with E-state index in [2.05, 4.69) is 10.1 Å². The number of hydrogen-bond donors (Lipinski definition) is 1. The van der Waals surface area contributed by atoms with Gasteiger partial charge in [-0.2, -0.15) is 5.10 Å². The number of aryl methyl sites for hydroxylation is 1. The van der Waals surface area contributed by atoms with Gasteiger partial charge in [0.05, 0.1) is 25.3 Å². The molecule has 1 aliphatic heterocycles. The van der Waals surface area contributed by atoms with Gasteiger partial charge >= 0.3 is 5.97 Å². The summed E-state index contributed by atoms with van der Waals surface area (Å²) in [4.78, 5) is 16.1. The Labute approximate surface area is 183 Å². The van der Waals surface area contributed by atoms with Crippen LogP contribution < -0.4 is 9.47 Å². The van der Waals surface area contributed by atoms with E-state index in [4.69, 9.17) is 13.9 Å². The Morgan fingerprint density at radius 1 is 1.16 bits per heavy atom. The van der Waals surface area contributed by atoms with Gasteiger partial charge in [-0.15, -0.1) is 0 Å². The predicted molar refractivity (Wildman–Crippen MR) is 118 cm³/mol. The minimum atomic E-state index is -0.973. The first-order valence-electron chi connectivity index (χ1n) is 10.3. The highest BCUT2D eigenvalue weighted by Gasteiger charge is 2.18. The van der Waals surface area contributed by atoms with Gasteiger partial charge in [0.1, 0.15) is 5.52 Å². The molecule has 5 rings (SSSR count). The minimum absolute atomic E-state index is 0.234. The number of carbonyl (C=O) groups is 1. The lowest BCUT2D eigenvalue weighted by molar-refractivity contribution is -0.135. The van der Waals surface area contributed by atoms with Gasteiger partial charge in [0, 0.05) is 36.4 Å². The summed E-state index contributed by atoms with van der Waals surface area (Å²) in [6, 6.07) is 13.0. The Kier molecular flexibility index (Phi) is 5.10. The number of para-hydroxylation sites is 2. The summed E-state index contributed by atoms with van der Waals surface area (Å²) in [5.74, 6) is 0.684. The average Bonchev–Trinajstić information content (AvgIpc) is 3.28. The molecule has 8 nitrogen and oxygen atoms in total. The Morgan fingerprint density at radius 2 is 1.97 bits per heavy atom. The number of carboxylic acid groups (broad SMARTS) is 1. The number of ether oxygens (including phenoxy) is 2. The molecule has 0 bridgehead atoms. The SMILES string of the molecule is Cn1cc(C=C(CC(=O)O)c2nc3ccccc3o2)c(-c2ccc3c(c2)OCCCO3)n1. The van der Waals surface area contributed by atoms with Crippen LogP contribution in [0.25, 0.3) is 34.0 Å². The highest BCUT2D eigenvalue weighted by atomic mass is 16.5. The zero-order chi connectivity index (χ0) is 22.1. The normalized spacial score (nSPS) is 13.8. The molecule has 1 N–H and O–H groups in total. The Bertz CT molecular complexity index is 1300. The first-order valence-corrected chi connectivity index (χ1v) is 10.3. The van der Waals surface area contributed by atoms with Crippen LogP contribution in [0, 0.1) is 0 Å². The molecule has 32 heavy (non-hydrogen) atoms. The number of rotatable bonds is 5. The van der Waals surface area contributed by atoms with E-state index in [9.17, 15) is 9.90 Å². The van der Waals surface area contributed by atoms with Crippen LogP contribution in [0.4, 0.5) is 0 Å². The lowest BCUT2D eigenvalue weighted by Gasteiger charge is -2.09. The van der Waals surface area contributed by atoms with Crippen LogP contribution in [-0.4, -0.2) is 39.1 Å². The lowest BCUT2D eigenvalue weighted by Crippen LogP contribution is -1.97. The number of hydrogen-bond acceptors (Lipinski definition) is 6. The van der Waals surface area contributed by atoms with Crippen LogP contribution in [0.3, 0.4) is 0 Å². The molecule has 4 aromatic rings. The summed E-state index contributed by atoms with van der Waals surface area (Å²) < 4.78 is 19.1. The van der Waals surface area contributed by atoms with E-state index in [1.54, 1.807) is 16.8 Å². The van der Waals surface area contributed by atoms with Crippen LogP contribution in [0.1, 0.15) is 24.3 Å². The topological polar surface area (TPSA) is 99.6 Å². The first-order chi connectivity index (χ1) is 15.6. The minimum Gasteiger partial charge on any atom is -0.490 e. The molecule has 162 valence electrons. The summed E-state index contributed by atoms with van der Waals surface area (Å²) in [5, 5.41) is 14.1. The van der Waals surface area contributed by atoms with E-state index in [1.165, 1.54) is 0 Å². The predicted octanol–water partition coefficient (Wildman–Crippen LogP) is 4.40. The maximum atomic E-state index is 11.6. The van der Waals surface area contributed by atoms with Crippen molar-refractivity contribution in [2.24, 2.45) is 7.05 Å². The van der Waals surface area contributed by atoms with Crippen molar-refractivity contribution in [3.63, 3.8) is 0 Å². The number of benzene rings is 2. The molecule has 0 radical (unpaired) electrons. The van der Waals surface area contributed by atoms with Crippen molar-refractivity contribution < 1.29 is 23.8 Å². The standard InChI is InChI=1S/C24H21N3O5/c1-27-14-17(23(26-27)15-7-8-20-21(12-15)31-10-4-9-30-20)11-16(13-22(28)29)24-25-18-5-2-3-6-19(18)32-24/h2-3,5-8,11-12,14H,4,9-10,13H2,1H3,(H,28,29). The van der Waals surface area contributed by atoms with Gasteiger partial charge in [-0.05, 0) is 36.4 Å². The monoisotopic (exact) mass is 431 g/mol. The average molecular weight is 431 g/mol. The van der Waals surface area contributed by atoms with Crippen molar-refractivity contribution in [1.29, 1.82) is 0 Å². The third kappa shape index (κ3) is 3.94. The van der Waals surface area contributed by atoms with E-state index in [1.807, 2.05) is 49.6 Å². The Morgan fingerprint density at radius 3 is 2.78 bits per heavy atom.